The SMILES string of the molecule is CCCCCCCc1ccc(C2CCC(=O)CC2)cc1. The molecule has 1 aliphatic rings. The number of rotatable bonds is 7. The maximum atomic E-state index is 11.3. The minimum atomic E-state index is 0.449. The van der Waals surface area contributed by atoms with Gasteiger partial charge in [-0.25, -0.2) is 0 Å². The average molecular weight is 272 g/mol. The Hall–Kier alpha value is -1.11. The van der Waals surface area contributed by atoms with E-state index in [2.05, 4.69) is 31.2 Å². The van der Waals surface area contributed by atoms with E-state index in [-0.39, 0.29) is 0 Å². The highest BCUT2D eigenvalue weighted by molar-refractivity contribution is 5.79. The zero-order valence-corrected chi connectivity index (χ0v) is 12.9. The maximum absolute atomic E-state index is 11.3. The van der Waals surface area contributed by atoms with Crippen molar-refractivity contribution in [2.24, 2.45) is 0 Å². The Labute approximate surface area is 123 Å². The molecule has 0 atom stereocenters. The van der Waals surface area contributed by atoms with Crippen molar-refractivity contribution < 1.29 is 4.79 Å². The van der Waals surface area contributed by atoms with Gasteiger partial charge in [-0.3, -0.25) is 4.79 Å². The number of hydrogen-bond donors (Lipinski definition) is 0. The lowest BCUT2D eigenvalue weighted by atomic mass is 9.83. The van der Waals surface area contributed by atoms with Gasteiger partial charge < -0.3 is 0 Å². The predicted molar refractivity (Wildman–Crippen MR) is 85.1 cm³/mol. The van der Waals surface area contributed by atoms with Crippen LogP contribution in [0.15, 0.2) is 24.3 Å². The van der Waals surface area contributed by atoms with Gasteiger partial charge >= 0.3 is 0 Å². The van der Waals surface area contributed by atoms with Gasteiger partial charge in [-0.05, 0) is 42.7 Å². The van der Waals surface area contributed by atoms with Crippen LogP contribution in [0.1, 0.15) is 81.8 Å². The number of hydrogen-bond acceptors (Lipinski definition) is 1. The summed E-state index contributed by atoms with van der Waals surface area (Å²) < 4.78 is 0. The van der Waals surface area contributed by atoms with E-state index in [0.717, 1.165) is 25.7 Å². The van der Waals surface area contributed by atoms with Crippen LogP contribution < -0.4 is 0 Å². The van der Waals surface area contributed by atoms with E-state index in [1.165, 1.54) is 49.7 Å². The van der Waals surface area contributed by atoms with E-state index in [1.54, 1.807) is 0 Å². The molecule has 0 radical (unpaired) electrons. The normalized spacial score (nSPS) is 16.6. The molecular weight excluding hydrogens is 244 g/mol. The fraction of sp³-hybridized carbons (Fsp3) is 0.632. The Kier molecular flexibility index (Phi) is 6.29. The molecule has 0 aromatic heterocycles. The van der Waals surface area contributed by atoms with Crippen LogP contribution in [0.4, 0.5) is 0 Å². The molecule has 1 aliphatic carbocycles. The Bertz CT molecular complexity index is 394. The molecule has 0 unspecified atom stereocenters. The summed E-state index contributed by atoms with van der Waals surface area (Å²) in [5.41, 5.74) is 2.91. The van der Waals surface area contributed by atoms with Gasteiger partial charge in [0.25, 0.3) is 0 Å². The summed E-state index contributed by atoms with van der Waals surface area (Å²) in [4.78, 5) is 11.3. The third-order valence-electron chi connectivity index (χ3n) is 4.56. The fourth-order valence-corrected chi connectivity index (χ4v) is 3.16. The molecule has 0 heterocycles. The third kappa shape index (κ3) is 4.77. The van der Waals surface area contributed by atoms with Crippen LogP contribution in [0, 0.1) is 0 Å². The van der Waals surface area contributed by atoms with E-state index in [9.17, 15) is 4.79 Å². The summed E-state index contributed by atoms with van der Waals surface area (Å²) in [7, 11) is 0. The van der Waals surface area contributed by atoms with Crippen molar-refractivity contribution in [2.75, 3.05) is 0 Å². The molecule has 0 spiro atoms. The topological polar surface area (TPSA) is 17.1 Å². The molecule has 0 N–H and O–H groups in total. The summed E-state index contributed by atoms with van der Waals surface area (Å²) >= 11 is 0. The van der Waals surface area contributed by atoms with Gasteiger partial charge in [0.15, 0.2) is 0 Å². The van der Waals surface area contributed by atoms with Crippen LogP contribution in [0.25, 0.3) is 0 Å². The van der Waals surface area contributed by atoms with Crippen LogP contribution in [0.5, 0.6) is 0 Å². The zero-order chi connectivity index (χ0) is 14.2. The first-order chi connectivity index (χ1) is 9.79. The standard InChI is InChI=1S/C19H28O/c1-2-3-4-5-6-7-16-8-10-17(11-9-16)18-12-14-19(20)15-13-18/h8-11,18H,2-7,12-15H2,1H3. The van der Waals surface area contributed by atoms with Crippen LogP contribution >= 0.6 is 0 Å². The van der Waals surface area contributed by atoms with Crippen molar-refractivity contribution in [3.05, 3.63) is 35.4 Å². The second kappa shape index (κ2) is 8.24. The highest BCUT2D eigenvalue weighted by atomic mass is 16.1. The molecule has 1 heteroatoms. The van der Waals surface area contributed by atoms with Crippen molar-refractivity contribution in [3.63, 3.8) is 0 Å². The minimum absolute atomic E-state index is 0.449. The van der Waals surface area contributed by atoms with Gasteiger partial charge in [0.05, 0.1) is 0 Å². The number of carbonyl (C=O) groups excluding carboxylic acids is 1. The zero-order valence-electron chi connectivity index (χ0n) is 12.9. The Morgan fingerprint density at radius 2 is 1.60 bits per heavy atom. The number of ketones is 1. The molecule has 1 fully saturated rings. The Morgan fingerprint density at radius 1 is 0.950 bits per heavy atom. The molecule has 2 rings (SSSR count). The molecule has 1 saturated carbocycles. The number of aryl methyl sites for hydroxylation is 1. The molecule has 1 nitrogen and oxygen atoms in total. The largest absolute Gasteiger partial charge is 0.300 e. The molecule has 1 aromatic rings. The van der Waals surface area contributed by atoms with Gasteiger partial charge in [-0.15, -0.1) is 0 Å². The number of unbranched alkanes of at least 4 members (excludes halogenated alkanes) is 4. The molecule has 110 valence electrons. The summed E-state index contributed by atoms with van der Waals surface area (Å²) in [5.74, 6) is 1.07. The lowest BCUT2D eigenvalue weighted by Crippen LogP contribution is -2.12. The van der Waals surface area contributed by atoms with Crippen LogP contribution in [0.3, 0.4) is 0 Å². The summed E-state index contributed by atoms with van der Waals surface area (Å²) in [6, 6.07) is 9.18. The summed E-state index contributed by atoms with van der Waals surface area (Å²) in [6.07, 6.45) is 11.6. The molecule has 0 aliphatic heterocycles. The average Bonchev–Trinajstić information content (AvgIpc) is 2.49. The van der Waals surface area contributed by atoms with Crippen LogP contribution in [-0.2, 0) is 11.2 Å². The van der Waals surface area contributed by atoms with E-state index in [4.69, 9.17) is 0 Å². The second-order valence-corrected chi connectivity index (χ2v) is 6.22. The summed E-state index contributed by atoms with van der Waals surface area (Å²) in [6.45, 7) is 2.26. The highest BCUT2D eigenvalue weighted by Crippen LogP contribution is 2.31. The molecule has 0 amide bonds. The van der Waals surface area contributed by atoms with Crippen LogP contribution in [0.2, 0.25) is 0 Å². The van der Waals surface area contributed by atoms with Crippen molar-refractivity contribution >= 4 is 5.78 Å². The maximum Gasteiger partial charge on any atom is 0.132 e. The molecule has 0 saturated heterocycles. The first-order valence-electron chi connectivity index (χ1n) is 8.40. The fourth-order valence-electron chi connectivity index (χ4n) is 3.16. The lowest BCUT2D eigenvalue weighted by molar-refractivity contribution is -0.120. The first-order valence-corrected chi connectivity index (χ1v) is 8.40. The van der Waals surface area contributed by atoms with Crippen molar-refractivity contribution in [3.8, 4) is 0 Å². The van der Waals surface area contributed by atoms with Gasteiger partial charge in [0.2, 0.25) is 0 Å². The van der Waals surface area contributed by atoms with E-state index in [1.807, 2.05) is 0 Å². The van der Waals surface area contributed by atoms with Gasteiger partial charge in [0, 0.05) is 12.8 Å². The summed E-state index contributed by atoms with van der Waals surface area (Å²) in [5, 5.41) is 0. The van der Waals surface area contributed by atoms with Gasteiger partial charge in [-0.2, -0.15) is 0 Å². The quantitative estimate of drug-likeness (QED) is 0.605. The van der Waals surface area contributed by atoms with Crippen LogP contribution in [-0.4, -0.2) is 5.78 Å². The molecular formula is C19H28O. The second-order valence-electron chi connectivity index (χ2n) is 6.22. The van der Waals surface area contributed by atoms with E-state index < -0.39 is 0 Å². The Balaban J connectivity index is 1.76. The molecule has 0 bridgehead atoms. The monoisotopic (exact) mass is 272 g/mol. The predicted octanol–water partition coefficient (Wildman–Crippen LogP) is 5.43. The molecule has 1 aromatic carbocycles. The number of carbonyl (C=O) groups is 1. The van der Waals surface area contributed by atoms with Gasteiger partial charge in [0.1, 0.15) is 5.78 Å². The molecule has 20 heavy (non-hydrogen) atoms. The van der Waals surface area contributed by atoms with Crippen molar-refractivity contribution in [1.82, 2.24) is 0 Å². The first kappa shape index (κ1) is 15.3. The minimum Gasteiger partial charge on any atom is -0.300 e. The van der Waals surface area contributed by atoms with Crippen molar-refractivity contribution in [1.29, 1.82) is 0 Å². The van der Waals surface area contributed by atoms with Crippen molar-refractivity contribution in [2.45, 2.75) is 77.0 Å². The highest BCUT2D eigenvalue weighted by Gasteiger charge is 2.19. The van der Waals surface area contributed by atoms with E-state index in [0.29, 0.717) is 11.7 Å². The smallest absolute Gasteiger partial charge is 0.132 e. The number of Topliss-reactive ketones (excluding diaryl/α,β-unsaturated/α-hetero) is 1. The third-order valence-corrected chi connectivity index (χ3v) is 4.56. The van der Waals surface area contributed by atoms with Gasteiger partial charge in [-0.1, -0.05) is 56.9 Å². The Morgan fingerprint density at radius 3 is 2.25 bits per heavy atom. The number of benzene rings is 1. The lowest BCUT2D eigenvalue weighted by Gasteiger charge is -2.21. The van der Waals surface area contributed by atoms with E-state index >= 15 is 0 Å².